The lowest BCUT2D eigenvalue weighted by Crippen LogP contribution is -2.01. The van der Waals surface area contributed by atoms with E-state index in [0.29, 0.717) is 11.8 Å². The van der Waals surface area contributed by atoms with E-state index in [1.54, 1.807) is 6.92 Å². The van der Waals surface area contributed by atoms with Crippen molar-refractivity contribution in [1.29, 1.82) is 0 Å². The number of hydrogen-bond donors (Lipinski definition) is 0. The van der Waals surface area contributed by atoms with E-state index in [0.717, 1.165) is 6.07 Å². The Balaban J connectivity index is 3.41. The molecule has 0 amide bonds. The van der Waals surface area contributed by atoms with Crippen LogP contribution in [0.5, 0.6) is 0 Å². The van der Waals surface area contributed by atoms with Crippen LogP contribution in [-0.2, 0) is 0 Å². The molecule has 1 aromatic carbocycles. The minimum Gasteiger partial charge on any atom is -0.298 e. The van der Waals surface area contributed by atoms with E-state index < -0.39 is 5.82 Å². The quantitative estimate of drug-likeness (QED) is 0.516. The molecule has 13 heavy (non-hydrogen) atoms. The van der Waals surface area contributed by atoms with Crippen LogP contribution in [0, 0.1) is 12.7 Å². The number of aryl methyl sites for hydroxylation is 1. The third-order valence-corrected chi connectivity index (χ3v) is 1.84. The molecule has 3 heteroatoms. The van der Waals surface area contributed by atoms with E-state index in [2.05, 4.69) is 0 Å². The minimum absolute atomic E-state index is 0.137. The van der Waals surface area contributed by atoms with Crippen LogP contribution in [0.1, 0.15) is 33.2 Å². The molecule has 0 radical (unpaired) electrons. The van der Waals surface area contributed by atoms with Crippen LogP contribution in [0.25, 0.3) is 0 Å². The van der Waals surface area contributed by atoms with Crippen LogP contribution >= 0.6 is 0 Å². The first kappa shape index (κ1) is 9.58. The second kappa shape index (κ2) is 3.47. The number of carbonyl (C=O) groups is 2. The van der Waals surface area contributed by atoms with Crippen molar-refractivity contribution in [2.24, 2.45) is 0 Å². The lowest BCUT2D eigenvalue weighted by molar-refractivity contribution is 0.100. The van der Waals surface area contributed by atoms with Gasteiger partial charge < -0.3 is 0 Å². The SMILES string of the molecule is CC(=O)c1cc(F)c(C)cc1C=O. The van der Waals surface area contributed by atoms with Gasteiger partial charge in [-0.25, -0.2) is 4.39 Å². The van der Waals surface area contributed by atoms with Gasteiger partial charge in [-0.05, 0) is 31.5 Å². The summed E-state index contributed by atoms with van der Waals surface area (Å²) in [6.07, 6.45) is 0.559. The van der Waals surface area contributed by atoms with Crippen LogP contribution in [0.15, 0.2) is 12.1 Å². The molecule has 0 spiro atoms. The van der Waals surface area contributed by atoms with E-state index in [1.807, 2.05) is 0 Å². The van der Waals surface area contributed by atoms with Crippen molar-refractivity contribution in [3.05, 3.63) is 34.6 Å². The number of rotatable bonds is 2. The number of carbonyl (C=O) groups excluding carboxylic acids is 2. The molecule has 0 unspecified atom stereocenters. The van der Waals surface area contributed by atoms with Gasteiger partial charge in [-0.15, -0.1) is 0 Å². The van der Waals surface area contributed by atoms with Gasteiger partial charge in [0.15, 0.2) is 12.1 Å². The first-order valence-electron chi connectivity index (χ1n) is 3.82. The number of ketones is 1. The van der Waals surface area contributed by atoms with Crippen LogP contribution < -0.4 is 0 Å². The highest BCUT2D eigenvalue weighted by molar-refractivity contribution is 6.01. The first-order valence-corrected chi connectivity index (χ1v) is 3.82. The highest BCUT2D eigenvalue weighted by Crippen LogP contribution is 2.14. The number of benzene rings is 1. The normalized spacial score (nSPS) is 9.77. The summed E-state index contributed by atoms with van der Waals surface area (Å²) in [6, 6.07) is 2.47. The summed E-state index contributed by atoms with van der Waals surface area (Å²) in [6.45, 7) is 2.85. The second-order valence-corrected chi connectivity index (χ2v) is 2.86. The van der Waals surface area contributed by atoms with Gasteiger partial charge in [0.25, 0.3) is 0 Å². The van der Waals surface area contributed by atoms with Gasteiger partial charge in [0.1, 0.15) is 5.82 Å². The van der Waals surface area contributed by atoms with Crippen LogP contribution in [-0.4, -0.2) is 12.1 Å². The highest BCUT2D eigenvalue weighted by Gasteiger charge is 2.09. The maximum absolute atomic E-state index is 13.0. The molecule has 0 saturated heterocycles. The van der Waals surface area contributed by atoms with Gasteiger partial charge in [-0.1, -0.05) is 0 Å². The molecular formula is C10H9FO2. The van der Waals surface area contributed by atoms with E-state index in [1.165, 1.54) is 13.0 Å². The largest absolute Gasteiger partial charge is 0.298 e. The zero-order chi connectivity index (χ0) is 10.0. The fraction of sp³-hybridized carbons (Fsp3) is 0.200. The second-order valence-electron chi connectivity index (χ2n) is 2.86. The number of hydrogen-bond acceptors (Lipinski definition) is 2. The molecule has 0 aliphatic rings. The number of Topliss-reactive ketones (excluding diaryl/α,β-unsaturated/α-hetero) is 1. The van der Waals surface area contributed by atoms with Gasteiger partial charge in [0.2, 0.25) is 0 Å². The molecule has 0 heterocycles. The monoisotopic (exact) mass is 180 g/mol. The summed E-state index contributed by atoms with van der Waals surface area (Å²) < 4.78 is 13.0. The minimum atomic E-state index is -0.462. The Morgan fingerprint density at radius 2 is 2.08 bits per heavy atom. The van der Waals surface area contributed by atoms with Crippen molar-refractivity contribution in [2.75, 3.05) is 0 Å². The van der Waals surface area contributed by atoms with Crippen molar-refractivity contribution in [2.45, 2.75) is 13.8 Å². The molecule has 2 nitrogen and oxygen atoms in total. The van der Waals surface area contributed by atoms with Crippen molar-refractivity contribution >= 4 is 12.1 Å². The predicted octanol–water partition coefficient (Wildman–Crippen LogP) is 2.15. The first-order chi connectivity index (χ1) is 6.06. The summed E-state index contributed by atoms with van der Waals surface area (Å²) >= 11 is 0. The summed E-state index contributed by atoms with van der Waals surface area (Å²) in [5.41, 5.74) is 0.747. The Morgan fingerprint density at radius 1 is 1.46 bits per heavy atom. The Kier molecular flexibility index (Phi) is 2.56. The Morgan fingerprint density at radius 3 is 2.54 bits per heavy atom. The summed E-state index contributed by atoms with van der Waals surface area (Å²) in [5.74, 6) is -0.767. The van der Waals surface area contributed by atoms with Crippen molar-refractivity contribution in [3.8, 4) is 0 Å². The molecule has 0 fully saturated rings. The number of aldehydes is 1. The summed E-state index contributed by atoms with van der Waals surface area (Å²) in [7, 11) is 0. The molecule has 0 atom stereocenters. The molecular weight excluding hydrogens is 171 g/mol. The van der Waals surface area contributed by atoms with Gasteiger partial charge in [0.05, 0.1) is 0 Å². The molecule has 0 N–H and O–H groups in total. The lowest BCUT2D eigenvalue weighted by Gasteiger charge is -2.02. The third-order valence-electron chi connectivity index (χ3n) is 1.84. The Labute approximate surface area is 75.4 Å². The maximum Gasteiger partial charge on any atom is 0.160 e. The molecule has 0 bridgehead atoms. The Bertz CT molecular complexity index is 369. The molecule has 1 aromatic rings. The van der Waals surface area contributed by atoms with Crippen molar-refractivity contribution < 1.29 is 14.0 Å². The van der Waals surface area contributed by atoms with E-state index in [-0.39, 0.29) is 16.9 Å². The maximum atomic E-state index is 13.0. The molecule has 1 rings (SSSR count). The molecule has 68 valence electrons. The van der Waals surface area contributed by atoms with Gasteiger partial charge >= 0.3 is 0 Å². The van der Waals surface area contributed by atoms with E-state index >= 15 is 0 Å². The van der Waals surface area contributed by atoms with Crippen LogP contribution in [0.3, 0.4) is 0 Å². The topological polar surface area (TPSA) is 34.1 Å². The zero-order valence-corrected chi connectivity index (χ0v) is 7.43. The van der Waals surface area contributed by atoms with E-state index in [9.17, 15) is 14.0 Å². The molecule has 0 aliphatic carbocycles. The van der Waals surface area contributed by atoms with Gasteiger partial charge in [0, 0.05) is 11.1 Å². The molecule has 0 aromatic heterocycles. The Hall–Kier alpha value is -1.51. The zero-order valence-electron chi connectivity index (χ0n) is 7.43. The van der Waals surface area contributed by atoms with Crippen molar-refractivity contribution in [3.63, 3.8) is 0 Å². The highest BCUT2D eigenvalue weighted by atomic mass is 19.1. The average Bonchev–Trinajstić information content (AvgIpc) is 2.08. The van der Waals surface area contributed by atoms with Crippen LogP contribution in [0.2, 0.25) is 0 Å². The average molecular weight is 180 g/mol. The predicted molar refractivity (Wildman–Crippen MR) is 46.5 cm³/mol. The van der Waals surface area contributed by atoms with Crippen LogP contribution in [0.4, 0.5) is 4.39 Å². The summed E-state index contributed by atoms with van der Waals surface area (Å²) in [4.78, 5) is 21.5. The third kappa shape index (κ3) is 1.80. The van der Waals surface area contributed by atoms with E-state index in [4.69, 9.17) is 0 Å². The lowest BCUT2D eigenvalue weighted by atomic mass is 10.0. The smallest absolute Gasteiger partial charge is 0.160 e. The standard InChI is InChI=1S/C10H9FO2/c1-6-3-8(5-12)9(7(2)13)4-10(6)11/h3-5H,1-2H3. The van der Waals surface area contributed by atoms with Gasteiger partial charge in [-0.3, -0.25) is 9.59 Å². The van der Waals surface area contributed by atoms with Crippen molar-refractivity contribution in [1.82, 2.24) is 0 Å². The number of halogens is 1. The molecule has 0 aliphatic heterocycles. The summed E-state index contributed by atoms with van der Waals surface area (Å²) in [5, 5.41) is 0. The molecule has 0 saturated carbocycles. The fourth-order valence-electron chi connectivity index (χ4n) is 1.11. The fourth-order valence-corrected chi connectivity index (χ4v) is 1.11. The van der Waals surface area contributed by atoms with Gasteiger partial charge in [-0.2, -0.15) is 0 Å².